The Bertz CT molecular complexity index is 935. The highest BCUT2D eigenvalue weighted by Crippen LogP contribution is 2.22. The molecule has 0 saturated carbocycles. The Kier molecular flexibility index (Phi) is 6.32. The molecular formula is C23H28N4O2. The average Bonchev–Trinajstić information content (AvgIpc) is 2.70. The van der Waals surface area contributed by atoms with Gasteiger partial charge in [0.15, 0.2) is 0 Å². The predicted molar refractivity (Wildman–Crippen MR) is 117 cm³/mol. The summed E-state index contributed by atoms with van der Waals surface area (Å²) in [4.78, 5) is 30.2. The van der Waals surface area contributed by atoms with Crippen LogP contribution in [0.4, 0.5) is 11.5 Å². The van der Waals surface area contributed by atoms with Crippen LogP contribution >= 0.6 is 0 Å². The van der Waals surface area contributed by atoms with Gasteiger partial charge in [-0.05, 0) is 74.1 Å². The Balaban J connectivity index is 1.61. The fraction of sp³-hybridized carbons (Fsp3) is 0.348. The van der Waals surface area contributed by atoms with E-state index in [0.717, 1.165) is 36.3 Å². The van der Waals surface area contributed by atoms with Crippen molar-refractivity contribution in [2.24, 2.45) is 11.7 Å². The van der Waals surface area contributed by atoms with E-state index in [1.54, 1.807) is 6.20 Å². The normalized spacial score (nSPS) is 16.8. The third-order valence-corrected chi connectivity index (χ3v) is 5.46. The first-order valence-electron chi connectivity index (χ1n) is 9.90. The maximum absolute atomic E-state index is 12.3. The number of piperidine rings is 1. The van der Waals surface area contributed by atoms with E-state index in [4.69, 9.17) is 5.73 Å². The van der Waals surface area contributed by atoms with Crippen LogP contribution in [0.5, 0.6) is 0 Å². The molecule has 2 amide bonds. The van der Waals surface area contributed by atoms with Crippen LogP contribution in [-0.2, 0) is 9.59 Å². The molecule has 2 aromatic rings. The molecule has 0 radical (unpaired) electrons. The molecule has 6 heteroatoms. The quantitative estimate of drug-likeness (QED) is 0.764. The summed E-state index contributed by atoms with van der Waals surface area (Å²) in [6.07, 6.45) is 6.74. The topological polar surface area (TPSA) is 88.3 Å². The number of pyridine rings is 1. The number of nitrogens with one attached hydrogen (secondary N) is 1. The zero-order valence-corrected chi connectivity index (χ0v) is 17.2. The standard InChI is InChI=1S/C23H28N4O2/c1-15-11-17(3)18(12-16(15)2)6-9-22(28)26-20-7-8-21(25-13-20)27-10-4-5-19(14-27)23(24)29/h6-9,11-13,19H,4-5,10,14H2,1-3H3,(H2,24,29)(H,26,28)/b9-6+. The molecule has 1 unspecified atom stereocenters. The van der Waals surface area contributed by atoms with Gasteiger partial charge in [0, 0.05) is 19.2 Å². The van der Waals surface area contributed by atoms with Crippen molar-refractivity contribution in [3.05, 3.63) is 58.8 Å². The molecule has 1 aliphatic rings. The lowest BCUT2D eigenvalue weighted by Gasteiger charge is -2.32. The highest BCUT2D eigenvalue weighted by atomic mass is 16.1. The number of aryl methyl sites for hydroxylation is 3. The molecule has 152 valence electrons. The van der Waals surface area contributed by atoms with E-state index in [9.17, 15) is 9.59 Å². The number of amides is 2. The van der Waals surface area contributed by atoms with Gasteiger partial charge in [0.2, 0.25) is 11.8 Å². The number of primary amides is 1. The number of anilines is 2. The maximum atomic E-state index is 12.3. The molecule has 1 saturated heterocycles. The van der Waals surface area contributed by atoms with Crippen molar-refractivity contribution in [2.45, 2.75) is 33.6 Å². The number of nitrogens with two attached hydrogens (primary N) is 1. The average molecular weight is 393 g/mol. The highest BCUT2D eigenvalue weighted by Gasteiger charge is 2.24. The van der Waals surface area contributed by atoms with Crippen molar-refractivity contribution in [3.63, 3.8) is 0 Å². The van der Waals surface area contributed by atoms with Crippen LogP contribution in [0.3, 0.4) is 0 Å². The SMILES string of the molecule is Cc1cc(C)c(/C=C/C(=O)Nc2ccc(N3CCCC(C(N)=O)C3)nc2)cc1C. The van der Waals surface area contributed by atoms with Gasteiger partial charge < -0.3 is 16.0 Å². The van der Waals surface area contributed by atoms with Crippen LogP contribution in [0, 0.1) is 26.7 Å². The molecule has 1 fully saturated rings. The van der Waals surface area contributed by atoms with Gasteiger partial charge in [-0.1, -0.05) is 12.1 Å². The number of hydrogen-bond donors (Lipinski definition) is 2. The summed E-state index contributed by atoms with van der Waals surface area (Å²) in [5.74, 6) is 0.188. The van der Waals surface area contributed by atoms with Crippen molar-refractivity contribution in [3.8, 4) is 0 Å². The summed E-state index contributed by atoms with van der Waals surface area (Å²) in [6, 6.07) is 7.89. The van der Waals surface area contributed by atoms with Gasteiger partial charge >= 0.3 is 0 Å². The van der Waals surface area contributed by atoms with Crippen molar-refractivity contribution < 1.29 is 9.59 Å². The Labute approximate surface area is 171 Å². The monoisotopic (exact) mass is 392 g/mol. The fourth-order valence-electron chi connectivity index (χ4n) is 3.58. The molecule has 0 aliphatic carbocycles. The molecule has 0 spiro atoms. The van der Waals surface area contributed by atoms with Crippen LogP contribution in [-0.4, -0.2) is 29.9 Å². The van der Waals surface area contributed by atoms with Crippen molar-refractivity contribution >= 4 is 29.4 Å². The lowest BCUT2D eigenvalue weighted by atomic mass is 9.97. The van der Waals surface area contributed by atoms with Gasteiger partial charge in [-0.15, -0.1) is 0 Å². The Morgan fingerprint density at radius 3 is 2.62 bits per heavy atom. The molecular weight excluding hydrogens is 364 g/mol. The Hall–Kier alpha value is -3.15. The molecule has 0 bridgehead atoms. The summed E-state index contributed by atoms with van der Waals surface area (Å²) in [7, 11) is 0. The highest BCUT2D eigenvalue weighted by molar-refractivity contribution is 6.02. The molecule has 29 heavy (non-hydrogen) atoms. The third-order valence-electron chi connectivity index (χ3n) is 5.46. The Morgan fingerprint density at radius 1 is 1.17 bits per heavy atom. The van der Waals surface area contributed by atoms with Crippen LogP contribution in [0.1, 0.15) is 35.1 Å². The van der Waals surface area contributed by atoms with E-state index in [2.05, 4.69) is 41.2 Å². The third kappa shape index (κ3) is 5.22. The molecule has 1 atom stereocenters. The summed E-state index contributed by atoms with van der Waals surface area (Å²) in [5, 5.41) is 2.83. The minimum Gasteiger partial charge on any atom is -0.369 e. The van der Waals surface area contributed by atoms with E-state index in [0.29, 0.717) is 12.2 Å². The van der Waals surface area contributed by atoms with E-state index in [-0.39, 0.29) is 17.7 Å². The first-order chi connectivity index (χ1) is 13.8. The second kappa shape index (κ2) is 8.90. The second-order valence-corrected chi connectivity index (χ2v) is 7.71. The lowest BCUT2D eigenvalue weighted by molar-refractivity contribution is -0.122. The van der Waals surface area contributed by atoms with Crippen molar-refractivity contribution in [2.75, 3.05) is 23.3 Å². The second-order valence-electron chi connectivity index (χ2n) is 7.71. The Morgan fingerprint density at radius 2 is 1.93 bits per heavy atom. The molecule has 3 N–H and O–H groups in total. The minimum atomic E-state index is -0.260. The number of aromatic nitrogens is 1. The number of nitrogens with zero attached hydrogens (tertiary/aromatic N) is 2. The van der Waals surface area contributed by atoms with Gasteiger partial charge in [-0.25, -0.2) is 4.98 Å². The van der Waals surface area contributed by atoms with Crippen molar-refractivity contribution in [1.29, 1.82) is 0 Å². The first kappa shape index (κ1) is 20.6. The largest absolute Gasteiger partial charge is 0.369 e. The van der Waals surface area contributed by atoms with E-state index < -0.39 is 0 Å². The van der Waals surface area contributed by atoms with Gasteiger partial charge in [-0.3, -0.25) is 9.59 Å². The zero-order chi connectivity index (χ0) is 21.0. The number of carbonyl (C=O) groups excluding carboxylic acids is 2. The summed E-state index contributed by atoms with van der Waals surface area (Å²) in [5.41, 5.74) is 10.7. The van der Waals surface area contributed by atoms with Gasteiger partial charge in [0.25, 0.3) is 0 Å². The molecule has 1 aromatic heterocycles. The van der Waals surface area contributed by atoms with Crippen LogP contribution in [0.15, 0.2) is 36.5 Å². The lowest BCUT2D eigenvalue weighted by Crippen LogP contribution is -2.41. The number of carbonyl (C=O) groups is 2. The summed E-state index contributed by atoms with van der Waals surface area (Å²) < 4.78 is 0. The first-order valence-corrected chi connectivity index (χ1v) is 9.90. The molecule has 1 aliphatic heterocycles. The van der Waals surface area contributed by atoms with Crippen LogP contribution in [0.25, 0.3) is 6.08 Å². The summed E-state index contributed by atoms with van der Waals surface area (Å²) in [6.45, 7) is 7.62. The van der Waals surface area contributed by atoms with Crippen LogP contribution < -0.4 is 16.0 Å². The van der Waals surface area contributed by atoms with E-state index >= 15 is 0 Å². The zero-order valence-electron chi connectivity index (χ0n) is 17.2. The van der Waals surface area contributed by atoms with E-state index in [1.165, 1.54) is 17.2 Å². The smallest absolute Gasteiger partial charge is 0.248 e. The fourth-order valence-corrected chi connectivity index (χ4v) is 3.58. The predicted octanol–water partition coefficient (Wildman–Crippen LogP) is 3.36. The van der Waals surface area contributed by atoms with Crippen LogP contribution in [0.2, 0.25) is 0 Å². The number of hydrogen-bond acceptors (Lipinski definition) is 4. The van der Waals surface area contributed by atoms with Gasteiger partial charge in [-0.2, -0.15) is 0 Å². The van der Waals surface area contributed by atoms with Gasteiger partial charge in [0.05, 0.1) is 17.8 Å². The maximum Gasteiger partial charge on any atom is 0.248 e. The minimum absolute atomic E-state index is 0.135. The number of benzene rings is 1. The van der Waals surface area contributed by atoms with Gasteiger partial charge in [0.1, 0.15) is 5.82 Å². The van der Waals surface area contributed by atoms with E-state index in [1.807, 2.05) is 25.1 Å². The summed E-state index contributed by atoms with van der Waals surface area (Å²) >= 11 is 0. The van der Waals surface area contributed by atoms with Crippen molar-refractivity contribution in [1.82, 2.24) is 4.98 Å². The molecule has 3 rings (SSSR count). The molecule has 1 aromatic carbocycles. The molecule has 2 heterocycles. The number of rotatable bonds is 5. The molecule has 6 nitrogen and oxygen atoms in total.